The first-order valence-corrected chi connectivity index (χ1v) is 6.91. The molecule has 0 aliphatic heterocycles. The smallest absolute Gasteiger partial charge is 0.246 e. The topological polar surface area (TPSA) is 96.9 Å². The van der Waals surface area contributed by atoms with E-state index in [0.29, 0.717) is 12.8 Å². The van der Waals surface area contributed by atoms with Gasteiger partial charge in [0.25, 0.3) is 0 Å². The van der Waals surface area contributed by atoms with Gasteiger partial charge >= 0.3 is 0 Å². The molecule has 0 unspecified atom stereocenters. The number of carbonyl (C=O) groups excluding carboxylic acids is 1. The fourth-order valence-electron chi connectivity index (χ4n) is 2.42. The molecule has 4 N–H and O–H groups in total. The fraction of sp³-hybridized carbons (Fsp3) is 0.846. The summed E-state index contributed by atoms with van der Waals surface area (Å²) in [5, 5.41) is 15.0. The summed E-state index contributed by atoms with van der Waals surface area (Å²) in [5.41, 5.74) is 5.08. The number of amides is 1. The Balaban J connectivity index is 2.71. The van der Waals surface area contributed by atoms with Crippen LogP contribution in [0.25, 0.3) is 0 Å². The van der Waals surface area contributed by atoms with Crippen molar-refractivity contribution in [2.45, 2.75) is 64.0 Å². The third kappa shape index (κ3) is 4.70. The highest BCUT2D eigenvalue weighted by Crippen LogP contribution is 2.27. The van der Waals surface area contributed by atoms with E-state index in [-0.39, 0.29) is 24.5 Å². The summed E-state index contributed by atoms with van der Waals surface area (Å²) in [5.74, 6) is -0.130. The van der Waals surface area contributed by atoms with E-state index >= 15 is 0 Å². The quantitative estimate of drug-likeness (QED) is 0.231. The minimum Gasteiger partial charge on any atom is -0.409 e. The molecule has 6 heteroatoms. The predicted octanol–water partition coefficient (Wildman–Crippen LogP) is 1.37. The molecule has 1 aliphatic rings. The minimum atomic E-state index is -0.720. The molecule has 0 radical (unpaired) electrons. The molecule has 1 aliphatic carbocycles. The van der Waals surface area contributed by atoms with Gasteiger partial charge in [0, 0.05) is 0 Å². The Hall–Kier alpha value is -1.30. The minimum absolute atomic E-state index is 0.000288. The van der Waals surface area contributed by atoms with Gasteiger partial charge in [-0.2, -0.15) is 0 Å². The van der Waals surface area contributed by atoms with Gasteiger partial charge in [0.05, 0.1) is 6.10 Å². The molecule has 0 aromatic heterocycles. The van der Waals surface area contributed by atoms with Gasteiger partial charge in [0.1, 0.15) is 12.1 Å². The number of hydrogen-bond donors (Lipinski definition) is 3. The molecular weight excluding hydrogens is 246 g/mol. The van der Waals surface area contributed by atoms with E-state index in [4.69, 9.17) is 15.7 Å². The maximum atomic E-state index is 11.9. The van der Waals surface area contributed by atoms with E-state index in [1.54, 1.807) is 0 Å². The average molecular weight is 271 g/mol. The third-order valence-electron chi connectivity index (χ3n) is 3.48. The van der Waals surface area contributed by atoms with Crippen molar-refractivity contribution >= 4 is 11.7 Å². The zero-order valence-corrected chi connectivity index (χ0v) is 11.8. The van der Waals surface area contributed by atoms with Gasteiger partial charge in [-0.05, 0) is 26.7 Å². The Bertz CT molecular complexity index is 321. The lowest BCUT2D eigenvalue weighted by atomic mass is 9.88. The van der Waals surface area contributed by atoms with Crippen LogP contribution in [0.2, 0.25) is 0 Å². The Morgan fingerprint density at radius 1 is 1.37 bits per heavy atom. The molecule has 110 valence electrons. The van der Waals surface area contributed by atoms with Gasteiger partial charge < -0.3 is 21.0 Å². The molecule has 1 saturated carbocycles. The van der Waals surface area contributed by atoms with Crippen molar-refractivity contribution in [3.63, 3.8) is 0 Å². The van der Waals surface area contributed by atoms with Crippen molar-refractivity contribution in [3.05, 3.63) is 0 Å². The Morgan fingerprint density at radius 3 is 2.42 bits per heavy atom. The summed E-state index contributed by atoms with van der Waals surface area (Å²) >= 11 is 0. The predicted molar refractivity (Wildman–Crippen MR) is 73.1 cm³/mol. The monoisotopic (exact) mass is 271 g/mol. The number of rotatable bonds is 5. The second-order valence-corrected chi connectivity index (χ2v) is 5.39. The summed E-state index contributed by atoms with van der Waals surface area (Å²) in [6, 6.07) is 0. The van der Waals surface area contributed by atoms with Gasteiger partial charge in [-0.15, -0.1) is 0 Å². The zero-order valence-electron chi connectivity index (χ0n) is 11.8. The fourth-order valence-corrected chi connectivity index (χ4v) is 2.42. The molecule has 0 atom stereocenters. The van der Waals surface area contributed by atoms with Crippen LogP contribution >= 0.6 is 0 Å². The third-order valence-corrected chi connectivity index (χ3v) is 3.48. The summed E-state index contributed by atoms with van der Waals surface area (Å²) in [7, 11) is 0. The van der Waals surface area contributed by atoms with Gasteiger partial charge in [0.2, 0.25) is 5.91 Å². The van der Waals surface area contributed by atoms with E-state index in [0.717, 1.165) is 25.7 Å². The number of ether oxygens (including phenoxy) is 1. The van der Waals surface area contributed by atoms with Crippen LogP contribution < -0.4 is 11.1 Å². The first kappa shape index (κ1) is 15.8. The summed E-state index contributed by atoms with van der Waals surface area (Å²) in [4.78, 5) is 11.9. The first-order chi connectivity index (χ1) is 9.00. The standard InChI is InChI=1S/C13H25N3O3/c1-10(2)19-9-11(17)15-13(12(14)16-18)7-5-3-4-6-8-13/h10,18H,3-9H2,1-2H3,(H2,14,16)(H,15,17). The van der Waals surface area contributed by atoms with Crippen molar-refractivity contribution < 1.29 is 14.7 Å². The first-order valence-electron chi connectivity index (χ1n) is 6.91. The van der Waals surface area contributed by atoms with E-state index in [1.807, 2.05) is 13.8 Å². The highest BCUT2D eigenvalue weighted by molar-refractivity contribution is 5.94. The van der Waals surface area contributed by atoms with Crippen LogP contribution in [0.1, 0.15) is 52.4 Å². The van der Waals surface area contributed by atoms with Crippen LogP contribution in [-0.4, -0.2) is 35.2 Å². The number of carbonyl (C=O) groups is 1. The molecule has 0 spiro atoms. The molecule has 1 amide bonds. The highest BCUT2D eigenvalue weighted by atomic mass is 16.5. The average Bonchev–Trinajstić information content (AvgIpc) is 2.62. The van der Waals surface area contributed by atoms with Crippen LogP contribution in [0.15, 0.2) is 5.16 Å². The van der Waals surface area contributed by atoms with Crippen LogP contribution in [0, 0.1) is 0 Å². The van der Waals surface area contributed by atoms with Crippen LogP contribution in [0.5, 0.6) is 0 Å². The lowest BCUT2D eigenvalue weighted by Crippen LogP contribution is -2.58. The molecule has 6 nitrogen and oxygen atoms in total. The van der Waals surface area contributed by atoms with E-state index in [1.165, 1.54) is 0 Å². The van der Waals surface area contributed by atoms with Crippen molar-refractivity contribution in [1.82, 2.24) is 5.32 Å². The second kappa shape index (κ2) is 7.33. The largest absolute Gasteiger partial charge is 0.409 e. The van der Waals surface area contributed by atoms with E-state index in [9.17, 15) is 4.79 Å². The van der Waals surface area contributed by atoms with Crippen molar-refractivity contribution in [1.29, 1.82) is 0 Å². The molecule has 0 aromatic carbocycles. The number of hydrogen-bond acceptors (Lipinski definition) is 4. The molecule has 0 heterocycles. The lowest BCUT2D eigenvalue weighted by molar-refractivity contribution is -0.128. The van der Waals surface area contributed by atoms with Gasteiger partial charge in [-0.1, -0.05) is 30.8 Å². The molecule has 0 saturated heterocycles. The van der Waals surface area contributed by atoms with Gasteiger partial charge in [-0.3, -0.25) is 4.79 Å². The SMILES string of the molecule is CC(C)OCC(=O)NC1(C(N)=NO)CCCCCC1. The Morgan fingerprint density at radius 2 is 1.95 bits per heavy atom. The van der Waals surface area contributed by atoms with Crippen LogP contribution in [0.4, 0.5) is 0 Å². The summed E-state index contributed by atoms with van der Waals surface area (Å²) in [6.07, 6.45) is 5.55. The maximum Gasteiger partial charge on any atom is 0.246 e. The number of nitrogens with one attached hydrogen (secondary N) is 1. The van der Waals surface area contributed by atoms with Crippen molar-refractivity contribution in [2.75, 3.05) is 6.61 Å². The Kier molecular flexibility index (Phi) is 6.08. The van der Waals surface area contributed by atoms with Crippen molar-refractivity contribution in [2.24, 2.45) is 10.9 Å². The molecule has 0 aromatic rings. The number of nitrogens with two attached hydrogens (primary N) is 1. The number of oxime groups is 1. The second-order valence-electron chi connectivity index (χ2n) is 5.39. The zero-order chi connectivity index (χ0) is 14.3. The van der Waals surface area contributed by atoms with Crippen LogP contribution in [0.3, 0.4) is 0 Å². The lowest BCUT2D eigenvalue weighted by Gasteiger charge is -2.32. The van der Waals surface area contributed by atoms with E-state index in [2.05, 4.69) is 10.5 Å². The normalized spacial score (nSPS) is 20.1. The molecule has 0 bridgehead atoms. The molecular formula is C13H25N3O3. The Labute approximate surface area is 114 Å². The maximum absolute atomic E-state index is 11.9. The molecule has 1 fully saturated rings. The van der Waals surface area contributed by atoms with Crippen molar-refractivity contribution in [3.8, 4) is 0 Å². The summed E-state index contributed by atoms with van der Waals surface area (Å²) < 4.78 is 5.28. The molecule has 19 heavy (non-hydrogen) atoms. The van der Waals surface area contributed by atoms with E-state index < -0.39 is 5.54 Å². The summed E-state index contributed by atoms with van der Waals surface area (Å²) in [6.45, 7) is 3.74. The van der Waals surface area contributed by atoms with Gasteiger partial charge in [-0.25, -0.2) is 0 Å². The van der Waals surface area contributed by atoms with Gasteiger partial charge in [0.15, 0.2) is 5.84 Å². The molecule has 1 rings (SSSR count). The number of amidine groups is 1. The highest BCUT2D eigenvalue weighted by Gasteiger charge is 2.37. The number of nitrogens with zero attached hydrogens (tertiary/aromatic N) is 1. The van der Waals surface area contributed by atoms with Crippen LogP contribution in [-0.2, 0) is 9.53 Å².